The van der Waals surface area contributed by atoms with E-state index in [1.807, 2.05) is 0 Å². The number of nitrogens with two attached hydrogens (primary N) is 1. The van der Waals surface area contributed by atoms with Crippen molar-refractivity contribution >= 4 is 28.9 Å². The van der Waals surface area contributed by atoms with Crippen LogP contribution in [0.15, 0.2) is 6.07 Å². The Morgan fingerprint density at radius 1 is 1.64 bits per heavy atom. The summed E-state index contributed by atoms with van der Waals surface area (Å²) in [6, 6.07) is 1.07. The Morgan fingerprint density at radius 2 is 2.29 bits per heavy atom. The van der Waals surface area contributed by atoms with Gasteiger partial charge in [0.15, 0.2) is 6.29 Å². The summed E-state index contributed by atoms with van der Waals surface area (Å²) >= 11 is 1.78. The molecule has 1 aromatic rings. The first-order valence-corrected chi connectivity index (χ1v) is 4.80. The van der Waals surface area contributed by atoms with E-state index in [-0.39, 0.29) is 12.1 Å². The molecule has 1 heterocycles. The minimum Gasteiger partial charge on any atom is -0.326 e. The van der Waals surface area contributed by atoms with Gasteiger partial charge < -0.3 is 5.73 Å². The van der Waals surface area contributed by atoms with Gasteiger partial charge in [0.25, 0.3) is 6.43 Å². The molecule has 0 unspecified atom stereocenters. The fourth-order valence-electron chi connectivity index (χ4n) is 0.998. The molecule has 0 fully saturated rings. The minimum atomic E-state index is -2.67. The molecule has 0 bridgehead atoms. The molecule has 0 saturated heterocycles. The molecule has 14 heavy (non-hydrogen) atoms. The molecule has 0 aliphatic heterocycles. The number of carbonyl (C=O) groups excluding carboxylic acids is 1. The first-order valence-electron chi connectivity index (χ1n) is 3.72. The molecule has 2 N–H and O–H groups in total. The molecule has 0 radical (unpaired) electrons. The van der Waals surface area contributed by atoms with Crippen molar-refractivity contribution in [1.82, 2.24) is 4.98 Å². The van der Waals surface area contributed by atoms with E-state index in [9.17, 15) is 13.6 Å². The molecular formula is C8H7F2IN2O. The quantitative estimate of drug-likeness (QED) is 0.527. The molecule has 0 spiro atoms. The standard InChI is InChI=1S/C8H7F2IN2O/c9-7(10)6-1-4(3-14)5(2-12)8(11)13-6/h1,3,7H,2,12H2. The van der Waals surface area contributed by atoms with Gasteiger partial charge >= 0.3 is 0 Å². The van der Waals surface area contributed by atoms with Crippen molar-refractivity contribution in [2.75, 3.05) is 0 Å². The largest absolute Gasteiger partial charge is 0.326 e. The topological polar surface area (TPSA) is 56.0 Å². The molecule has 0 aliphatic carbocycles. The zero-order valence-corrected chi connectivity index (χ0v) is 9.16. The smallest absolute Gasteiger partial charge is 0.280 e. The molecule has 0 aliphatic rings. The van der Waals surface area contributed by atoms with Crippen LogP contribution < -0.4 is 5.73 Å². The van der Waals surface area contributed by atoms with E-state index in [1.54, 1.807) is 22.6 Å². The Balaban J connectivity index is 3.31. The summed E-state index contributed by atoms with van der Waals surface area (Å²) in [6.45, 7) is 0.114. The summed E-state index contributed by atoms with van der Waals surface area (Å²) in [5, 5.41) is 0. The van der Waals surface area contributed by atoms with E-state index in [4.69, 9.17) is 5.73 Å². The van der Waals surface area contributed by atoms with Crippen LogP contribution in [0.3, 0.4) is 0 Å². The third-order valence-electron chi connectivity index (χ3n) is 1.68. The number of aromatic nitrogens is 1. The van der Waals surface area contributed by atoms with Crippen LogP contribution in [0.5, 0.6) is 0 Å². The van der Waals surface area contributed by atoms with E-state index in [0.29, 0.717) is 15.6 Å². The summed E-state index contributed by atoms with van der Waals surface area (Å²) in [4.78, 5) is 14.2. The lowest BCUT2D eigenvalue weighted by Gasteiger charge is -2.07. The Kier molecular flexibility index (Phi) is 3.87. The van der Waals surface area contributed by atoms with E-state index in [0.717, 1.165) is 6.07 Å². The Labute approximate surface area is 92.8 Å². The lowest BCUT2D eigenvalue weighted by Crippen LogP contribution is -2.08. The van der Waals surface area contributed by atoms with Gasteiger partial charge in [0, 0.05) is 17.7 Å². The third kappa shape index (κ3) is 2.24. The maximum absolute atomic E-state index is 12.3. The SMILES string of the molecule is NCc1c(C=O)cc(C(F)F)nc1I. The van der Waals surface area contributed by atoms with Crippen LogP contribution in [0.4, 0.5) is 8.78 Å². The fourth-order valence-corrected chi connectivity index (χ4v) is 1.81. The van der Waals surface area contributed by atoms with Crippen molar-refractivity contribution in [3.05, 3.63) is 26.6 Å². The number of pyridine rings is 1. The highest BCUT2D eigenvalue weighted by Crippen LogP contribution is 2.22. The highest BCUT2D eigenvalue weighted by molar-refractivity contribution is 14.1. The molecular weight excluding hydrogens is 305 g/mol. The first kappa shape index (κ1) is 11.4. The Bertz CT molecular complexity index is 357. The van der Waals surface area contributed by atoms with Gasteiger partial charge in [-0.2, -0.15) is 0 Å². The summed E-state index contributed by atoms with van der Waals surface area (Å²) < 4.78 is 24.9. The van der Waals surface area contributed by atoms with E-state index < -0.39 is 12.1 Å². The minimum absolute atomic E-state index is 0.114. The highest BCUT2D eigenvalue weighted by Gasteiger charge is 2.14. The zero-order valence-electron chi connectivity index (χ0n) is 7.01. The van der Waals surface area contributed by atoms with E-state index >= 15 is 0 Å². The number of halogens is 3. The van der Waals surface area contributed by atoms with Crippen LogP contribution in [0.2, 0.25) is 0 Å². The van der Waals surface area contributed by atoms with Crippen molar-refractivity contribution in [2.24, 2.45) is 5.73 Å². The number of alkyl halides is 2. The van der Waals surface area contributed by atoms with Gasteiger partial charge in [-0.25, -0.2) is 13.8 Å². The molecule has 76 valence electrons. The number of aldehydes is 1. The van der Waals surface area contributed by atoms with Crippen LogP contribution in [0.1, 0.15) is 28.0 Å². The van der Waals surface area contributed by atoms with Crippen molar-refractivity contribution in [3.63, 3.8) is 0 Å². The molecule has 0 aromatic carbocycles. The van der Waals surface area contributed by atoms with Crippen molar-refractivity contribution in [3.8, 4) is 0 Å². The van der Waals surface area contributed by atoms with E-state index in [2.05, 4.69) is 4.98 Å². The average Bonchev–Trinajstić information content (AvgIpc) is 2.16. The second-order valence-electron chi connectivity index (χ2n) is 2.53. The Morgan fingerprint density at radius 3 is 2.71 bits per heavy atom. The summed E-state index contributed by atoms with van der Waals surface area (Å²) in [7, 11) is 0. The number of nitrogens with zero attached hydrogens (tertiary/aromatic N) is 1. The lowest BCUT2D eigenvalue weighted by atomic mass is 10.1. The summed E-state index contributed by atoms with van der Waals surface area (Å²) in [5.41, 5.74) is 5.65. The average molecular weight is 312 g/mol. The molecule has 3 nitrogen and oxygen atoms in total. The van der Waals surface area contributed by atoms with Gasteiger partial charge in [-0.15, -0.1) is 0 Å². The maximum Gasteiger partial charge on any atom is 0.280 e. The van der Waals surface area contributed by atoms with Crippen LogP contribution in [0, 0.1) is 3.70 Å². The number of hydrogen-bond acceptors (Lipinski definition) is 3. The van der Waals surface area contributed by atoms with E-state index in [1.165, 1.54) is 0 Å². The number of carbonyl (C=O) groups is 1. The predicted octanol–water partition coefficient (Wildman–Crippen LogP) is 1.90. The van der Waals surface area contributed by atoms with Gasteiger partial charge in [-0.1, -0.05) is 0 Å². The zero-order chi connectivity index (χ0) is 10.7. The number of hydrogen-bond donors (Lipinski definition) is 1. The van der Waals surface area contributed by atoms with Gasteiger partial charge in [0.1, 0.15) is 9.39 Å². The molecule has 1 aromatic heterocycles. The van der Waals surface area contributed by atoms with Crippen LogP contribution in [0.25, 0.3) is 0 Å². The number of rotatable bonds is 3. The molecule has 0 amide bonds. The van der Waals surface area contributed by atoms with Gasteiger partial charge in [-0.3, -0.25) is 4.79 Å². The van der Waals surface area contributed by atoms with Crippen LogP contribution >= 0.6 is 22.6 Å². The van der Waals surface area contributed by atoms with Crippen molar-refractivity contribution in [2.45, 2.75) is 13.0 Å². The molecule has 0 saturated carbocycles. The maximum atomic E-state index is 12.3. The van der Waals surface area contributed by atoms with Crippen molar-refractivity contribution in [1.29, 1.82) is 0 Å². The molecule has 1 rings (SSSR count). The summed E-state index contributed by atoms with van der Waals surface area (Å²) in [6.07, 6.45) is -2.16. The molecule has 6 heteroatoms. The van der Waals surface area contributed by atoms with Crippen molar-refractivity contribution < 1.29 is 13.6 Å². The van der Waals surface area contributed by atoms with Crippen LogP contribution in [-0.2, 0) is 6.54 Å². The normalized spacial score (nSPS) is 10.6. The fraction of sp³-hybridized carbons (Fsp3) is 0.250. The Hall–Kier alpha value is -0.630. The summed E-state index contributed by atoms with van der Waals surface area (Å²) in [5.74, 6) is 0. The third-order valence-corrected chi connectivity index (χ3v) is 2.58. The second-order valence-corrected chi connectivity index (χ2v) is 3.55. The van der Waals surface area contributed by atoms with Gasteiger partial charge in [0.2, 0.25) is 0 Å². The highest BCUT2D eigenvalue weighted by atomic mass is 127. The van der Waals surface area contributed by atoms with Crippen LogP contribution in [-0.4, -0.2) is 11.3 Å². The van der Waals surface area contributed by atoms with Gasteiger partial charge in [0.05, 0.1) is 0 Å². The monoisotopic (exact) mass is 312 g/mol. The lowest BCUT2D eigenvalue weighted by molar-refractivity contribution is 0.112. The van der Waals surface area contributed by atoms with Gasteiger partial charge in [-0.05, 0) is 28.7 Å². The molecule has 0 atom stereocenters. The second kappa shape index (κ2) is 4.74. The first-order chi connectivity index (χ1) is 6.60. The predicted molar refractivity (Wildman–Crippen MR) is 55.2 cm³/mol.